The van der Waals surface area contributed by atoms with E-state index in [0.29, 0.717) is 24.6 Å². The van der Waals surface area contributed by atoms with Crippen LogP contribution in [0.15, 0.2) is 24.3 Å². The van der Waals surface area contributed by atoms with Crippen LogP contribution < -0.4 is 20.3 Å². The molecule has 0 saturated carbocycles. The summed E-state index contributed by atoms with van der Waals surface area (Å²) in [6.45, 7) is 9.83. The number of carbonyl (C=O) groups excluding carboxylic acids is 2. The molecule has 6 nitrogen and oxygen atoms in total. The molecule has 0 aliphatic rings. The number of nitrogens with one attached hydrogen (secondary N) is 3. The van der Waals surface area contributed by atoms with Crippen LogP contribution in [0, 0.1) is 0 Å². The summed E-state index contributed by atoms with van der Waals surface area (Å²) < 4.78 is 5.41. The number of rotatable bonds is 8. The van der Waals surface area contributed by atoms with Crippen molar-refractivity contribution in [1.82, 2.24) is 5.32 Å². The average molecular weight is 308 g/mol. The van der Waals surface area contributed by atoms with E-state index < -0.39 is 11.8 Å². The minimum absolute atomic E-state index is 0.483. The van der Waals surface area contributed by atoms with Crippen molar-refractivity contribution in [2.24, 2.45) is 0 Å². The molecule has 0 atom stereocenters. The summed E-state index contributed by atoms with van der Waals surface area (Å²) in [4.78, 5) is 25.1. The zero-order valence-corrected chi connectivity index (χ0v) is 13.6. The molecule has 0 bridgehead atoms. The van der Waals surface area contributed by atoms with Crippen LogP contribution in [-0.4, -0.2) is 44.6 Å². The summed E-state index contributed by atoms with van der Waals surface area (Å²) in [6.07, 6.45) is 0. The first-order valence-corrected chi connectivity index (χ1v) is 7.76. The molecule has 1 rings (SSSR count). The number of amides is 2. The Morgan fingerprint density at radius 1 is 1.09 bits per heavy atom. The number of hydrogen-bond acceptors (Lipinski definition) is 3. The van der Waals surface area contributed by atoms with Crippen LogP contribution >= 0.6 is 0 Å². The van der Waals surface area contributed by atoms with Gasteiger partial charge in [0.05, 0.1) is 38.5 Å². The molecule has 122 valence electrons. The average Bonchev–Trinajstić information content (AvgIpc) is 2.53. The van der Waals surface area contributed by atoms with Gasteiger partial charge in [0, 0.05) is 0 Å². The number of para-hydroxylation sites is 2. The van der Waals surface area contributed by atoms with Gasteiger partial charge in [-0.15, -0.1) is 0 Å². The van der Waals surface area contributed by atoms with Gasteiger partial charge in [0.25, 0.3) is 0 Å². The smallest absolute Gasteiger partial charge is 0.313 e. The van der Waals surface area contributed by atoms with Gasteiger partial charge < -0.3 is 20.3 Å². The van der Waals surface area contributed by atoms with Gasteiger partial charge >= 0.3 is 11.8 Å². The number of hydrogen-bond donors (Lipinski definition) is 3. The fourth-order valence-electron chi connectivity index (χ4n) is 2.07. The van der Waals surface area contributed by atoms with E-state index in [1.165, 1.54) is 4.90 Å². The molecule has 0 heterocycles. The molecule has 1 aromatic carbocycles. The lowest BCUT2D eigenvalue weighted by Crippen LogP contribution is -3.12. The van der Waals surface area contributed by atoms with Gasteiger partial charge in [0.1, 0.15) is 5.75 Å². The molecule has 6 heteroatoms. The fraction of sp³-hybridized carbons (Fsp3) is 0.500. The molecule has 0 aliphatic heterocycles. The van der Waals surface area contributed by atoms with E-state index in [-0.39, 0.29) is 0 Å². The summed E-state index contributed by atoms with van der Waals surface area (Å²) >= 11 is 0. The summed E-state index contributed by atoms with van der Waals surface area (Å²) in [6, 6.07) is 7.05. The van der Waals surface area contributed by atoms with Crippen molar-refractivity contribution in [2.45, 2.75) is 20.8 Å². The maximum atomic E-state index is 11.9. The van der Waals surface area contributed by atoms with E-state index in [4.69, 9.17) is 4.74 Å². The Morgan fingerprint density at radius 2 is 1.77 bits per heavy atom. The van der Waals surface area contributed by atoms with Crippen molar-refractivity contribution in [2.75, 3.05) is 38.1 Å². The Bertz CT molecular complexity index is 487. The molecule has 0 aromatic heterocycles. The lowest BCUT2D eigenvalue weighted by atomic mass is 10.3. The van der Waals surface area contributed by atoms with Gasteiger partial charge in [-0.2, -0.15) is 0 Å². The number of likely N-dealkylation sites (N-methyl/N-ethyl adjacent to an activating group) is 1. The second-order valence-corrected chi connectivity index (χ2v) is 4.85. The molecule has 0 fully saturated rings. The van der Waals surface area contributed by atoms with Gasteiger partial charge in [0.2, 0.25) is 0 Å². The Balaban J connectivity index is 2.49. The van der Waals surface area contributed by atoms with Crippen LogP contribution in [0.1, 0.15) is 20.8 Å². The number of benzene rings is 1. The Morgan fingerprint density at radius 3 is 2.41 bits per heavy atom. The monoisotopic (exact) mass is 308 g/mol. The predicted molar refractivity (Wildman–Crippen MR) is 86.2 cm³/mol. The molecule has 0 aliphatic carbocycles. The van der Waals surface area contributed by atoms with E-state index in [0.717, 1.165) is 19.6 Å². The molecule has 0 saturated heterocycles. The molecule has 0 spiro atoms. The van der Waals surface area contributed by atoms with Crippen molar-refractivity contribution in [3.05, 3.63) is 24.3 Å². The standard InChI is InChI=1S/C16H25N3O3/c1-4-19(5-2)12-11-17-15(20)16(21)18-13-9-7-8-10-14(13)22-6-3/h7-10H,4-6,11-12H2,1-3H3,(H,17,20)(H,18,21)/p+1. The van der Waals surface area contributed by atoms with Crippen molar-refractivity contribution in [1.29, 1.82) is 0 Å². The largest absolute Gasteiger partial charge is 0.492 e. The summed E-state index contributed by atoms with van der Waals surface area (Å²) in [5.41, 5.74) is 0.499. The lowest BCUT2D eigenvalue weighted by molar-refractivity contribution is -0.895. The molecule has 22 heavy (non-hydrogen) atoms. The summed E-state index contributed by atoms with van der Waals surface area (Å²) in [5.74, 6) is -0.752. The molecular formula is C16H26N3O3+. The van der Waals surface area contributed by atoms with Crippen molar-refractivity contribution in [3.63, 3.8) is 0 Å². The maximum Gasteiger partial charge on any atom is 0.313 e. The van der Waals surface area contributed by atoms with Crippen molar-refractivity contribution >= 4 is 17.5 Å². The highest BCUT2D eigenvalue weighted by atomic mass is 16.5. The molecular weight excluding hydrogens is 282 g/mol. The van der Waals surface area contributed by atoms with Gasteiger partial charge in [-0.25, -0.2) is 0 Å². The SMILES string of the molecule is CCOc1ccccc1NC(=O)C(=O)NCC[NH+](CC)CC. The second kappa shape index (κ2) is 9.78. The summed E-state index contributed by atoms with van der Waals surface area (Å²) in [5, 5.41) is 5.22. The van der Waals surface area contributed by atoms with Crippen LogP contribution in [0.5, 0.6) is 5.75 Å². The third kappa shape index (κ3) is 5.73. The van der Waals surface area contributed by atoms with Crippen molar-refractivity contribution in [3.8, 4) is 5.75 Å². The highest BCUT2D eigenvalue weighted by Crippen LogP contribution is 2.23. The molecule has 0 unspecified atom stereocenters. The topological polar surface area (TPSA) is 71.9 Å². The molecule has 0 radical (unpaired) electrons. The van der Waals surface area contributed by atoms with E-state index in [2.05, 4.69) is 24.5 Å². The predicted octanol–water partition coefficient (Wildman–Crippen LogP) is 0.0647. The van der Waals surface area contributed by atoms with Gasteiger partial charge in [-0.3, -0.25) is 9.59 Å². The van der Waals surface area contributed by atoms with Gasteiger partial charge in [-0.05, 0) is 32.9 Å². The minimum Gasteiger partial charge on any atom is -0.492 e. The molecule has 2 amide bonds. The van der Waals surface area contributed by atoms with Crippen LogP contribution in [0.4, 0.5) is 5.69 Å². The van der Waals surface area contributed by atoms with E-state index >= 15 is 0 Å². The van der Waals surface area contributed by atoms with E-state index in [1.54, 1.807) is 18.2 Å². The first-order valence-electron chi connectivity index (χ1n) is 7.76. The first kappa shape index (κ1) is 18.0. The number of quaternary nitrogens is 1. The fourth-order valence-corrected chi connectivity index (χ4v) is 2.07. The normalized spacial score (nSPS) is 10.4. The molecule has 3 N–H and O–H groups in total. The Labute approximate surface area is 131 Å². The van der Waals surface area contributed by atoms with E-state index in [1.807, 2.05) is 13.0 Å². The quantitative estimate of drug-likeness (QED) is 0.595. The van der Waals surface area contributed by atoms with Crippen molar-refractivity contribution < 1.29 is 19.2 Å². The Kier molecular flexibility index (Phi) is 7.99. The minimum atomic E-state index is -0.679. The molecule has 1 aromatic rings. The Hall–Kier alpha value is -2.08. The third-order valence-electron chi connectivity index (χ3n) is 3.41. The first-order chi connectivity index (χ1) is 10.6. The zero-order chi connectivity index (χ0) is 16.4. The van der Waals surface area contributed by atoms with Gasteiger partial charge in [0.15, 0.2) is 0 Å². The van der Waals surface area contributed by atoms with E-state index in [9.17, 15) is 9.59 Å². The second-order valence-electron chi connectivity index (χ2n) is 4.85. The number of carbonyl (C=O) groups is 2. The van der Waals surface area contributed by atoms with Gasteiger partial charge in [-0.1, -0.05) is 12.1 Å². The van der Waals surface area contributed by atoms with Crippen LogP contribution in [0.3, 0.4) is 0 Å². The number of ether oxygens (including phenoxy) is 1. The number of anilines is 1. The lowest BCUT2D eigenvalue weighted by Gasteiger charge is -2.15. The highest BCUT2D eigenvalue weighted by Gasteiger charge is 2.15. The van der Waals surface area contributed by atoms with Crippen LogP contribution in [0.25, 0.3) is 0 Å². The van der Waals surface area contributed by atoms with Crippen LogP contribution in [0.2, 0.25) is 0 Å². The zero-order valence-electron chi connectivity index (χ0n) is 13.6. The van der Waals surface area contributed by atoms with Crippen LogP contribution in [-0.2, 0) is 9.59 Å². The summed E-state index contributed by atoms with van der Waals surface area (Å²) in [7, 11) is 0. The third-order valence-corrected chi connectivity index (χ3v) is 3.41. The maximum absolute atomic E-state index is 11.9. The highest BCUT2D eigenvalue weighted by molar-refractivity contribution is 6.39.